The van der Waals surface area contributed by atoms with Crippen LogP contribution < -0.4 is 0 Å². The van der Waals surface area contributed by atoms with Crippen molar-refractivity contribution in [2.24, 2.45) is 0 Å². The molecule has 0 amide bonds. The zero-order valence-corrected chi connectivity index (χ0v) is 16.7. The molecule has 0 saturated carbocycles. The molecule has 0 aliphatic carbocycles. The van der Waals surface area contributed by atoms with Crippen molar-refractivity contribution in [3.8, 4) is 11.3 Å². The third-order valence-electron chi connectivity index (χ3n) is 4.79. The van der Waals surface area contributed by atoms with Crippen molar-refractivity contribution in [3.63, 3.8) is 0 Å². The number of aromatic nitrogens is 1. The van der Waals surface area contributed by atoms with Crippen LogP contribution >= 0.6 is 11.6 Å². The third-order valence-corrected chi connectivity index (χ3v) is 7.19. The highest BCUT2D eigenvalue weighted by Crippen LogP contribution is 2.25. The Bertz CT molecular complexity index is 1050. The van der Waals surface area contributed by atoms with Gasteiger partial charge in [-0.2, -0.15) is 4.31 Å². The van der Waals surface area contributed by atoms with Crippen molar-refractivity contribution >= 4 is 21.6 Å². The largest absolute Gasteiger partial charge is 0.359 e. The van der Waals surface area contributed by atoms with E-state index < -0.39 is 10.0 Å². The molecular weight excluding hydrogens is 398 g/mol. The fourth-order valence-electron chi connectivity index (χ4n) is 3.27. The smallest absolute Gasteiger partial charge is 0.244 e. The van der Waals surface area contributed by atoms with Gasteiger partial charge in [-0.15, -0.1) is 0 Å². The van der Waals surface area contributed by atoms with Crippen LogP contribution in [-0.2, 0) is 16.6 Å². The molecule has 0 radical (unpaired) electrons. The lowest BCUT2D eigenvalue weighted by Crippen LogP contribution is -2.48. The highest BCUT2D eigenvalue weighted by Gasteiger charge is 2.30. The van der Waals surface area contributed by atoms with Gasteiger partial charge >= 0.3 is 0 Å². The maximum atomic E-state index is 12.8. The summed E-state index contributed by atoms with van der Waals surface area (Å²) in [6, 6.07) is 18.3. The van der Waals surface area contributed by atoms with Gasteiger partial charge in [-0.3, -0.25) is 4.90 Å². The average molecular weight is 418 g/mol. The maximum Gasteiger partial charge on any atom is 0.244 e. The molecule has 2 aromatic carbocycles. The summed E-state index contributed by atoms with van der Waals surface area (Å²) in [6.45, 7) is 2.65. The van der Waals surface area contributed by atoms with Gasteiger partial charge in [0.05, 0.1) is 11.6 Å². The third kappa shape index (κ3) is 3.98. The predicted octanol–water partition coefficient (Wildman–Crippen LogP) is 3.50. The summed E-state index contributed by atoms with van der Waals surface area (Å²) in [7, 11) is -3.58. The lowest BCUT2D eigenvalue weighted by molar-refractivity contribution is 0.166. The van der Waals surface area contributed by atoms with Gasteiger partial charge in [0.15, 0.2) is 5.76 Å². The van der Waals surface area contributed by atoms with Gasteiger partial charge in [0.2, 0.25) is 10.0 Å². The van der Waals surface area contributed by atoms with Crippen LogP contribution in [0.3, 0.4) is 0 Å². The Hall–Kier alpha value is -2.19. The Morgan fingerprint density at radius 2 is 1.64 bits per heavy atom. The summed E-state index contributed by atoms with van der Waals surface area (Å²) < 4.78 is 32.6. The van der Waals surface area contributed by atoms with E-state index in [0.717, 1.165) is 17.0 Å². The van der Waals surface area contributed by atoms with Crippen LogP contribution in [-0.4, -0.2) is 49.0 Å². The van der Waals surface area contributed by atoms with Crippen LogP contribution in [0.25, 0.3) is 11.3 Å². The van der Waals surface area contributed by atoms with Crippen LogP contribution in [0, 0.1) is 0 Å². The van der Waals surface area contributed by atoms with Crippen molar-refractivity contribution in [1.82, 2.24) is 14.4 Å². The number of sulfonamides is 1. The van der Waals surface area contributed by atoms with Gasteiger partial charge in [0.25, 0.3) is 0 Å². The molecular formula is C20H20ClN3O3S. The first kappa shape index (κ1) is 19.1. The fourth-order valence-corrected chi connectivity index (χ4v) is 5.19. The molecule has 1 aliphatic rings. The Balaban J connectivity index is 1.39. The van der Waals surface area contributed by atoms with E-state index in [9.17, 15) is 8.42 Å². The number of hydrogen-bond acceptors (Lipinski definition) is 5. The van der Waals surface area contributed by atoms with Crippen molar-refractivity contribution < 1.29 is 12.9 Å². The molecule has 6 nitrogen and oxygen atoms in total. The van der Waals surface area contributed by atoms with Gasteiger partial charge in [-0.05, 0) is 12.1 Å². The topological polar surface area (TPSA) is 66.7 Å². The highest BCUT2D eigenvalue weighted by atomic mass is 35.5. The summed E-state index contributed by atoms with van der Waals surface area (Å²) >= 11 is 6.08. The second kappa shape index (κ2) is 8.05. The van der Waals surface area contributed by atoms with E-state index in [0.29, 0.717) is 32.7 Å². The molecule has 4 rings (SSSR count). The number of halogens is 1. The van der Waals surface area contributed by atoms with Crippen LogP contribution in [0.4, 0.5) is 0 Å². The lowest BCUT2D eigenvalue weighted by atomic mass is 10.1. The summed E-state index contributed by atoms with van der Waals surface area (Å²) in [4.78, 5) is 2.32. The van der Waals surface area contributed by atoms with Crippen LogP contribution in [0.2, 0.25) is 5.02 Å². The number of rotatable bonds is 5. The average Bonchev–Trinajstić information content (AvgIpc) is 3.18. The quantitative estimate of drug-likeness (QED) is 0.635. The molecule has 0 atom stereocenters. The van der Waals surface area contributed by atoms with Gasteiger partial charge in [0, 0.05) is 37.8 Å². The van der Waals surface area contributed by atoms with E-state index in [1.54, 1.807) is 24.3 Å². The van der Waals surface area contributed by atoms with E-state index in [1.165, 1.54) is 4.31 Å². The van der Waals surface area contributed by atoms with E-state index in [4.69, 9.17) is 16.1 Å². The molecule has 0 spiro atoms. The van der Waals surface area contributed by atoms with Crippen LogP contribution in [0.5, 0.6) is 0 Å². The number of benzene rings is 2. The Morgan fingerprint density at radius 3 is 2.36 bits per heavy atom. The number of nitrogens with zero attached hydrogens (tertiary/aromatic N) is 3. The Labute approximate surface area is 169 Å². The minimum Gasteiger partial charge on any atom is -0.359 e. The van der Waals surface area contributed by atoms with Crippen molar-refractivity contribution in [3.05, 3.63) is 71.4 Å². The van der Waals surface area contributed by atoms with E-state index >= 15 is 0 Å². The van der Waals surface area contributed by atoms with Gasteiger partial charge in [0.1, 0.15) is 10.6 Å². The lowest BCUT2D eigenvalue weighted by Gasteiger charge is -2.33. The van der Waals surface area contributed by atoms with Crippen molar-refractivity contribution in [1.29, 1.82) is 0 Å². The molecule has 3 aromatic rings. The number of piperazine rings is 1. The molecule has 8 heteroatoms. The molecule has 0 N–H and O–H groups in total. The SMILES string of the molecule is O=S(=O)(c1ccccc1Cl)N1CCN(Cc2cc(-c3ccccc3)no2)CC1. The van der Waals surface area contributed by atoms with Gasteiger partial charge < -0.3 is 4.52 Å². The zero-order valence-electron chi connectivity index (χ0n) is 15.2. The second-order valence-electron chi connectivity index (χ2n) is 6.66. The monoisotopic (exact) mass is 417 g/mol. The molecule has 1 aliphatic heterocycles. The Kier molecular flexibility index (Phi) is 5.50. The first-order valence-corrected chi connectivity index (χ1v) is 10.8. The normalized spacial score (nSPS) is 16.3. The van der Waals surface area contributed by atoms with Gasteiger partial charge in [-0.25, -0.2) is 8.42 Å². The number of hydrogen-bond donors (Lipinski definition) is 0. The van der Waals surface area contributed by atoms with Crippen LogP contribution in [0.15, 0.2) is 70.1 Å². The fraction of sp³-hybridized carbons (Fsp3) is 0.250. The summed E-state index contributed by atoms with van der Waals surface area (Å²) in [5.41, 5.74) is 1.81. The highest BCUT2D eigenvalue weighted by molar-refractivity contribution is 7.89. The van der Waals surface area contributed by atoms with Crippen molar-refractivity contribution in [2.75, 3.05) is 26.2 Å². The minimum atomic E-state index is -3.58. The summed E-state index contributed by atoms with van der Waals surface area (Å²) in [5, 5.41) is 4.38. The first-order chi connectivity index (χ1) is 13.5. The molecule has 1 aromatic heterocycles. The zero-order chi connectivity index (χ0) is 19.6. The molecule has 0 unspecified atom stereocenters. The summed E-state index contributed by atoms with van der Waals surface area (Å²) in [5.74, 6) is 0.765. The molecule has 2 heterocycles. The molecule has 28 heavy (non-hydrogen) atoms. The second-order valence-corrected chi connectivity index (χ2v) is 8.97. The first-order valence-electron chi connectivity index (χ1n) is 9.02. The molecule has 146 valence electrons. The van der Waals surface area contributed by atoms with E-state index in [-0.39, 0.29) is 9.92 Å². The molecule has 1 fully saturated rings. The van der Waals surface area contributed by atoms with Crippen LogP contribution in [0.1, 0.15) is 5.76 Å². The maximum absolute atomic E-state index is 12.8. The molecule has 0 bridgehead atoms. The summed E-state index contributed by atoms with van der Waals surface area (Å²) in [6.07, 6.45) is 0. The van der Waals surface area contributed by atoms with Gasteiger partial charge in [-0.1, -0.05) is 59.2 Å². The predicted molar refractivity (Wildman–Crippen MR) is 107 cm³/mol. The van der Waals surface area contributed by atoms with E-state index in [1.807, 2.05) is 36.4 Å². The van der Waals surface area contributed by atoms with E-state index in [2.05, 4.69) is 10.1 Å². The van der Waals surface area contributed by atoms with Crippen molar-refractivity contribution in [2.45, 2.75) is 11.4 Å². The minimum absolute atomic E-state index is 0.160. The Morgan fingerprint density at radius 1 is 0.964 bits per heavy atom. The molecule has 1 saturated heterocycles. The standard InChI is InChI=1S/C20H20ClN3O3S/c21-18-8-4-5-9-20(18)28(25,26)24-12-10-23(11-13-24)15-17-14-19(22-27-17)16-6-2-1-3-7-16/h1-9,14H,10-13,15H2.